The minimum absolute atomic E-state index is 0.459. The zero-order valence-electron chi connectivity index (χ0n) is 11.7. The number of nitrogens with one attached hydrogen (secondary N) is 2. The van der Waals surface area contributed by atoms with Gasteiger partial charge in [0.1, 0.15) is 0 Å². The highest BCUT2D eigenvalue weighted by Gasteiger charge is 2.24. The van der Waals surface area contributed by atoms with Crippen LogP contribution in [0.15, 0.2) is 36.4 Å². The van der Waals surface area contributed by atoms with E-state index in [0.717, 1.165) is 13.1 Å². The summed E-state index contributed by atoms with van der Waals surface area (Å²) in [5.41, 5.74) is 2.73. The molecule has 0 spiro atoms. The van der Waals surface area contributed by atoms with Gasteiger partial charge in [-0.15, -0.1) is 0 Å². The van der Waals surface area contributed by atoms with Crippen LogP contribution in [0.25, 0.3) is 10.8 Å². The third-order valence-electron chi connectivity index (χ3n) is 4.26. The van der Waals surface area contributed by atoms with Gasteiger partial charge in [-0.1, -0.05) is 35.9 Å². The van der Waals surface area contributed by atoms with E-state index in [-0.39, 0.29) is 0 Å². The lowest BCUT2D eigenvalue weighted by atomic mass is 9.91. The number of benzene rings is 2. The summed E-state index contributed by atoms with van der Waals surface area (Å²) < 4.78 is 0. The van der Waals surface area contributed by atoms with Gasteiger partial charge in [-0.25, -0.2) is 0 Å². The Morgan fingerprint density at radius 2 is 1.95 bits per heavy atom. The van der Waals surface area contributed by atoms with Crippen molar-refractivity contribution >= 4 is 10.8 Å². The van der Waals surface area contributed by atoms with Crippen LogP contribution >= 0.6 is 0 Å². The van der Waals surface area contributed by atoms with E-state index < -0.39 is 0 Å². The van der Waals surface area contributed by atoms with E-state index in [0.29, 0.717) is 12.0 Å². The van der Waals surface area contributed by atoms with E-state index in [1.165, 1.54) is 28.3 Å². The summed E-state index contributed by atoms with van der Waals surface area (Å²) in [5, 5.41) is 9.64. The molecule has 2 nitrogen and oxygen atoms in total. The van der Waals surface area contributed by atoms with Crippen LogP contribution in [0.3, 0.4) is 0 Å². The third-order valence-corrected chi connectivity index (χ3v) is 4.26. The van der Waals surface area contributed by atoms with Crippen molar-refractivity contribution in [3.05, 3.63) is 47.5 Å². The molecule has 1 aliphatic heterocycles. The first-order chi connectivity index (χ1) is 9.28. The molecule has 0 radical (unpaired) electrons. The topological polar surface area (TPSA) is 24.1 Å². The van der Waals surface area contributed by atoms with Gasteiger partial charge in [0.25, 0.3) is 0 Å². The zero-order valence-corrected chi connectivity index (χ0v) is 11.7. The molecule has 0 amide bonds. The first-order valence-corrected chi connectivity index (χ1v) is 7.16. The second-order valence-corrected chi connectivity index (χ2v) is 5.63. The number of rotatable bonds is 3. The molecule has 1 heterocycles. The second kappa shape index (κ2) is 5.32. The Balaban J connectivity index is 1.96. The van der Waals surface area contributed by atoms with E-state index in [9.17, 15) is 0 Å². The highest BCUT2D eigenvalue weighted by atomic mass is 15.0. The van der Waals surface area contributed by atoms with E-state index in [4.69, 9.17) is 0 Å². The Kier molecular flexibility index (Phi) is 3.54. The van der Waals surface area contributed by atoms with Crippen molar-refractivity contribution in [2.24, 2.45) is 5.92 Å². The lowest BCUT2D eigenvalue weighted by molar-refractivity contribution is 0.411. The molecule has 0 bridgehead atoms. The SMILES string of the molecule is CNC(c1ccc2cc(C)ccc2c1)C1CCNC1. The van der Waals surface area contributed by atoms with Gasteiger partial charge in [0.05, 0.1) is 0 Å². The lowest BCUT2D eigenvalue weighted by Gasteiger charge is -2.23. The van der Waals surface area contributed by atoms with Crippen molar-refractivity contribution in [3.63, 3.8) is 0 Å². The quantitative estimate of drug-likeness (QED) is 0.880. The van der Waals surface area contributed by atoms with E-state index in [1.54, 1.807) is 0 Å². The summed E-state index contributed by atoms with van der Waals surface area (Å²) in [6.07, 6.45) is 1.26. The van der Waals surface area contributed by atoms with Gasteiger partial charge < -0.3 is 10.6 Å². The maximum absolute atomic E-state index is 3.50. The van der Waals surface area contributed by atoms with Gasteiger partial charge in [0.2, 0.25) is 0 Å². The molecule has 1 fully saturated rings. The largest absolute Gasteiger partial charge is 0.316 e. The van der Waals surface area contributed by atoms with Crippen LogP contribution < -0.4 is 10.6 Å². The van der Waals surface area contributed by atoms with Crippen molar-refractivity contribution in [2.45, 2.75) is 19.4 Å². The summed E-state index contributed by atoms with van der Waals surface area (Å²) in [5.74, 6) is 0.702. The monoisotopic (exact) mass is 254 g/mol. The number of aryl methyl sites for hydroxylation is 1. The third kappa shape index (κ3) is 2.51. The van der Waals surface area contributed by atoms with Gasteiger partial charge in [-0.2, -0.15) is 0 Å². The van der Waals surface area contributed by atoms with Crippen LogP contribution in [0.5, 0.6) is 0 Å². The Morgan fingerprint density at radius 3 is 2.68 bits per heavy atom. The predicted octanol–water partition coefficient (Wildman–Crippen LogP) is 3.02. The van der Waals surface area contributed by atoms with Crippen LogP contribution in [0.1, 0.15) is 23.6 Å². The molecular weight excluding hydrogens is 232 g/mol. The molecule has 100 valence electrons. The maximum Gasteiger partial charge on any atom is 0.0359 e. The highest BCUT2D eigenvalue weighted by Crippen LogP contribution is 2.29. The van der Waals surface area contributed by atoms with E-state index in [1.807, 2.05) is 0 Å². The minimum Gasteiger partial charge on any atom is -0.316 e. The number of hydrogen-bond acceptors (Lipinski definition) is 2. The molecule has 1 aliphatic rings. The number of fused-ring (bicyclic) bond motifs is 1. The normalized spacial score (nSPS) is 20.8. The molecule has 2 unspecified atom stereocenters. The van der Waals surface area contributed by atoms with Gasteiger partial charge in [-0.05, 0) is 61.8 Å². The van der Waals surface area contributed by atoms with E-state index >= 15 is 0 Å². The Hall–Kier alpha value is -1.38. The van der Waals surface area contributed by atoms with Crippen molar-refractivity contribution in [1.29, 1.82) is 0 Å². The molecule has 2 aromatic rings. The maximum atomic E-state index is 3.50. The van der Waals surface area contributed by atoms with Gasteiger partial charge >= 0.3 is 0 Å². The van der Waals surface area contributed by atoms with Crippen LogP contribution in [-0.2, 0) is 0 Å². The molecule has 1 saturated heterocycles. The Bertz CT molecular complexity index is 570. The fraction of sp³-hybridized carbons (Fsp3) is 0.412. The van der Waals surface area contributed by atoms with Gasteiger partial charge in [0.15, 0.2) is 0 Å². The standard InChI is InChI=1S/C17H22N2/c1-12-3-4-14-10-15(6-5-13(14)9-12)17(18-2)16-7-8-19-11-16/h3-6,9-10,16-19H,7-8,11H2,1-2H3. The van der Waals surface area contributed by atoms with Crippen molar-refractivity contribution < 1.29 is 0 Å². The second-order valence-electron chi connectivity index (χ2n) is 5.63. The molecule has 2 atom stereocenters. The summed E-state index contributed by atoms with van der Waals surface area (Å²) in [7, 11) is 2.07. The zero-order chi connectivity index (χ0) is 13.2. The predicted molar refractivity (Wildman–Crippen MR) is 81.5 cm³/mol. The highest BCUT2D eigenvalue weighted by molar-refractivity contribution is 5.83. The van der Waals surface area contributed by atoms with Crippen LogP contribution in [0.2, 0.25) is 0 Å². The first kappa shape index (κ1) is 12.6. The molecular formula is C17H22N2. The van der Waals surface area contributed by atoms with Gasteiger partial charge in [-0.3, -0.25) is 0 Å². The average Bonchev–Trinajstić information content (AvgIpc) is 2.93. The molecule has 3 rings (SSSR count). The molecule has 0 aliphatic carbocycles. The lowest BCUT2D eigenvalue weighted by Crippen LogP contribution is -2.26. The summed E-state index contributed by atoms with van der Waals surface area (Å²) in [4.78, 5) is 0. The van der Waals surface area contributed by atoms with Crippen molar-refractivity contribution in [1.82, 2.24) is 10.6 Å². The minimum atomic E-state index is 0.459. The van der Waals surface area contributed by atoms with Crippen molar-refractivity contribution in [3.8, 4) is 0 Å². The Labute approximate surface area is 115 Å². The molecule has 2 heteroatoms. The van der Waals surface area contributed by atoms with Crippen LogP contribution in [0.4, 0.5) is 0 Å². The fourth-order valence-electron chi connectivity index (χ4n) is 3.21. The molecule has 19 heavy (non-hydrogen) atoms. The van der Waals surface area contributed by atoms with Gasteiger partial charge in [0, 0.05) is 6.04 Å². The first-order valence-electron chi connectivity index (χ1n) is 7.16. The molecule has 2 aromatic carbocycles. The Morgan fingerprint density at radius 1 is 1.16 bits per heavy atom. The average molecular weight is 254 g/mol. The van der Waals surface area contributed by atoms with Crippen LogP contribution in [0, 0.1) is 12.8 Å². The van der Waals surface area contributed by atoms with Crippen molar-refractivity contribution in [2.75, 3.05) is 20.1 Å². The summed E-state index contributed by atoms with van der Waals surface area (Å²) in [6, 6.07) is 14.0. The molecule has 2 N–H and O–H groups in total. The fourth-order valence-corrected chi connectivity index (χ4v) is 3.21. The molecule has 0 aromatic heterocycles. The van der Waals surface area contributed by atoms with E-state index in [2.05, 4.69) is 61.0 Å². The summed E-state index contributed by atoms with van der Waals surface area (Å²) in [6.45, 7) is 4.42. The molecule has 0 saturated carbocycles. The summed E-state index contributed by atoms with van der Waals surface area (Å²) >= 11 is 0. The number of hydrogen-bond donors (Lipinski definition) is 2. The van der Waals surface area contributed by atoms with Crippen LogP contribution in [-0.4, -0.2) is 20.1 Å². The smallest absolute Gasteiger partial charge is 0.0359 e.